The number of anilines is 1. The van der Waals surface area contributed by atoms with Gasteiger partial charge in [-0.3, -0.25) is 9.59 Å². The van der Waals surface area contributed by atoms with Crippen molar-refractivity contribution in [2.45, 2.75) is 39.2 Å². The minimum Gasteiger partial charge on any atom is -0.498 e. The van der Waals surface area contributed by atoms with Crippen molar-refractivity contribution in [3.05, 3.63) is 53.3 Å². The summed E-state index contributed by atoms with van der Waals surface area (Å²) < 4.78 is 5.81. The smallest absolute Gasteiger partial charge is 0.254 e. The van der Waals surface area contributed by atoms with Crippen LogP contribution in [0.2, 0.25) is 0 Å². The van der Waals surface area contributed by atoms with Gasteiger partial charge in [0.25, 0.3) is 5.91 Å². The number of benzene rings is 1. The van der Waals surface area contributed by atoms with Gasteiger partial charge in [0, 0.05) is 31.1 Å². The quantitative estimate of drug-likeness (QED) is 0.809. The van der Waals surface area contributed by atoms with E-state index >= 15 is 0 Å². The Balaban J connectivity index is 1.59. The number of nitrogens with one attached hydrogen (secondary N) is 1. The van der Waals surface area contributed by atoms with E-state index in [0.717, 1.165) is 36.3 Å². The molecule has 0 saturated carbocycles. The number of para-hydroxylation sites is 1. The summed E-state index contributed by atoms with van der Waals surface area (Å²) in [7, 11) is 0. The lowest BCUT2D eigenvalue weighted by molar-refractivity contribution is -0.126. The summed E-state index contributed by atoms with van der Waals surface area (Å²) in [5.74, 6) is 0.729. The van der Waals surface area contributed by atoms with Crippen LogP contribution in [0.1, 0.15) is 44.7 Å². The maximum atomic E-state index is 12.7. The van der Waals surface area contributed by atoms with E-state index in [1.165, 1.54) is 12.5 Å². The molecule has 132 valence electrons. The molecule has 0 spiro atoms. The first-order valence-electron chi connectivity index (χ1n) is 8.73. The average Bonchev–Trinajstić information content (AvgIpc) is 2.85. The van der Waals surface area contributed by atoms with Crippen molar-refractivity contribution in [2.75, 3.05) is 18.1 Å². The Morgan fingerprint density at radius 3 is 2.80 bits per heavy atom. The van der Waals surface area contributed by atoms with Gasteiger partial charge in [-0.1, -0.05) is 29.8 Å². The lowest BCUT2D eigenvalue weighted by atomic mass is 10.1. The Kier molecular flexibility index (Phi) is 5.22. The summed E-state index contributed by atoms with van der Waals surface area (Å²) >= 11 is 0. The number of nitrogens with zero attached hydrogens (tertiary/aromatic N) is 1. The fourth-order valence-electron chi connectivity index (χ4n) is 3.23. The predicted molar refractivity (Wildman–Crippen MR) is 97.0 cm³/mol. The maximum absolute atomic E-state index is 12.7. The number of carbonyl (C=O) groups excluding carboxylic acids is 2. The molecule has 25 heavy (non-hydrogen) atoms. The van der Waals surface area contributed by atoms with Crippen LogP contribution < -0.4 is 10.2 Å². The largest absolute Gasteiger partial charge is 0.498 e. The molecule has 2 amide bonds. The second-order valence-electron chi connectivity index (χ2n) is 6.53. The van der Waals surface area contributed by atoms with Crippen LogP contribution in [-0.4, -0.2) is 25.0 Å². The molecule has 0 fully saturated rings. The summed E-state index contributed by atoms with van der Waals surface area (Å²) in [4.78, 5) is 25.8. The standard InChI is InChI=1S/C20H24N2O3/c1-14-8-10-16(11-9-14)25-13-5-12-22-18-7-4-3-6-17(18)19(20(22)24)21-15(2)23/h3-4,6-8,10,19H,5,9,11-13H2,1-2H3,(H,21,23)/t19-/m1/s1. The lowest BCUT2D eigenvalue weighted by Gasteiger charge is -2.19. The summed E-state index contributed by atoms with van der Waals surface area (Å²) in [5, 5.41) is 2.75. The first-order valence-corrected chi connectivity index (χ1v) is 8.73. The van der Waals surface area contributed by atoms with Gasteiger partial charge in [0.15, 0.2) is 0 Å². The highest BCUT2D eigenvalue weighted by atomic mass is 16.5. The normalized spacial score (nSPS) is 19.2. The second kappa shape index (κ2) is 7.55. The predicted octanol–water partition coefficient (Wildman–Crippen LogP) is 3.24. The molecule has 5 nitrogen and oxygen atoms in total. The van der Waals surface area contributed by atoms with E-state index in [4.69, 9.17) is 4.74 Å². The monoisotopic (exact) mass is 340 g/mol. The van der Waals surface area contributed by atoms with Gasteiger partial charge in [-0.2, -0.15) is 0 Å². The van der Waals surface area contributed by atoms with E-state index < -0.39 is 6.04 Å². The molecule has 0 radical (unpaired) electrons. The zero-order valence-corrected chi connectivity index (χ0v) is 14.7. The third-order valence-corrected chi connectivity index (χ3v) is 4.53. The summed E-state index contributed by atoms with van der Waals surface area (Å²) in [6.07, 6.45) is 6.85. The number of rotatable bonds is 6. The molecule has 3 rings (SSSR count). The minimum absolute atomic E-state index is 0.0770. The summed E-state index contributed by atoms with van der Waals surface area (Å²) in [5.41, 5.74) is 3.11. The molecule has 1 aliphatic heterocycles. The van der Waals surface area contributed by atoms with E-state index in [9.17, 15) is 9.59 Å². The Labute approximate surface area is 148 Å². The van der Waals surface area contributed by atoms with Crippen molar-refractivity contribution in [3.63, 3.8) is 0 Å². The highest BCUT2D eigenvalue weighted by molar-refractivity contribution is 6.06. The van der Waals surface area contributed by atoms with E-state index in [0.29, 0.717) is 13.2 Å². The highest BCUT2D eigenvalue weighted by Gasteiger charge is 2.37. The molecular formula is C20H24N2O3. The van der Waals surface area contributed by atoms with Crippen molar-refractivity contribution >= 4 is 17.5 Å². The Hall–Kier alpha value is -2.56. The van der Waals surface area contributed by atoms with Crippen LogP contribution in [-0.2, 0) is 14.3 Å². The van der Waals surface area contributed by atoms with Gasteiger partial charge in [0.1, 0.15) is 6.04 Å². The van der Waals surface area contributed by atoms with Crippen molar-refractivity contribution in [3.8, 4) is 0 Å². The van der Waals surface area contributed by atoms with Crippen LogP contribution in [0.4, 0.5) is 5.69 Å². The van der Waals surface area contributed by atoms with Gasteiger partial charge in [-0.15, -0.1) is 0 Å². The summed E-state index contributed by atoms with van der Waals surface area (Å²) in [6.45, 7) is 4.71. The second-order valence-corrected chi connectivity index (χ2v) is 6.53. The van der Waals surface area contributed by atoms with Crippen LogP contribution in [0, 0.1) is 0 Å². The van der Waals surface area contributed by atoms with Crippen LogP contribution in [0.15, 0.2) is 47.7 Å². The molecule has 1 aromatic carbocycles. The molecule has 0 bridgehead atoms. The number of hydrogen-bond acceptors (Lipinski definition) is 3. The fraction of sp³-hybridized carbons (Fsp3) is 0.400. The molecule has 2 aliphatic rings. The van der Waals surface area contributed by atoms with Crippen molar-refractivity contribution in [1.82, 2.24) is 5.32 Å². The Bertz CT molecular complexity index is 736. The number of fused-ring (bicyclic) bond motifs is 1. The van der Waals surface area contributed by atoms with Crippen LogP contribution in [0.5, 0.6) is 0 Å². The molecule has 5 heteroatoms. The number of allylic oxidation sites excluding steroid dienone is 4. The first kappa shape index (κ1) is 17.3. The highest BCUT2D eigenvalue weighted by Crippen LogP contribution is 2.35. The first-order chi connectivity index (χ1) is 12.1. The number of hydrogen-bond donors (Lipinski definition) is 1. The van der Waals surface area contributed by atoms with Crippen molar-refractivity contribution in [1.29, 1.82) is 0 Å². The molecule has 1 N–H and O–H groups in total. The number of ether oxygens (including phenoxy) is 1. The number of amides is 2. The van der Waals surface area contributed by atoms with E-state index in [-0.39, 0.29) is 11.8 Å². The van der Waals surface area contributed by atoms with Gasteiger partial charge < -0.3 is 15.0 Å². The third-order valence-electron chi connectivity index (χ3n) is 4.53. The average molecular weight is 340 g/mol. The van der Waals surface area contributed by atoms with Gasteiger partial charge >= 0.3 is 0 Å². The topological polar surface area (TPSA) is 58.6 Å². The molecule has 0 saturated heterocycles. The van der Waals surface area contributed by atoms with Crippen LogP contribution in [0.3, 0.4) is 0 Å². The summed E-state index contributed by atoms with van der Waals surface area (Å²) in [6, 6.07) is 7.04. The Morgan fingerprint density at radius 1 is 1.28 bits per heavy atom. The minimum atomic E-state index is -0.580. The lowest BCUT2D eigenvalue weighted by Crippen LogP contribution is -2.37. The van der Waals surface area contributed by atoms with E-state index in [1.54, 1.807) is 4.90 Å². The van der Waals surface area contributed by atoms with E-state index in [1.807, 2.05) is 30.3 Å². The molecule has 0 unspecified atom stereocenters. The third kappa shape index (κ3) is 3.92. The SMILES string of the molecule is CC(=O)N[C@H]1C(=O)N(CCCOC2=CC=C(C)CC2)c2ccccc21. The zero-order valence-electron chi connectivity index (χ0n) is 14.7. The molecule has 1 aromatic rings. The maximum Gasteiger partial charge on any atom is 0.254 e. The van der Waals surface area contributed by atoms with Gasteiger partial charge in [0.05, 0.1) is 12.4 Å². The number of carbonyl (C=O) groups is 2. The molecule has 0 aromatic heterocycles. The Morgan fingerprint density at radius 2 is 2.08 bits per heavy atom. The molecule has 1 heterocycles. The van der Waals surface area contributed by atoms with Crippen molar-refractivity contribution in [2.24, 2.45) is 0 Å². The molecule has 1 atom stereocenters. The molecular weight excluding hydrogens is 316 g/mol. The van der Waals surface area contributed by atoms with Gasteiger partial charge in [0.2, 0.25) is 5.91 Å². The van der Waals surface area contributed by atoms with Crippen molar-refractivity contribution < 1.29 is 14.3 Å². The van der Waals surface area contributed by atoms with Crippen LogP contribution in [0.25, 0.3) is 0 Å². The molecule has 1 aliphatic carbocycles. The fourth-order valence-corrected chi connectivity index (χ4v) is 3.23. The zero-order chi connectivity index (χ0) is 17.8. The van der Waals surface area contributed by atoms with Crippen LogP contribution >= 0.6 is 0 Å². The van der Waals surface area contributed by atoms with E-state index in [2.05, 4.69) is 18.3 Å². The van der Waals surface area contributed by atoms with Gasteiger partial charge in [-0.05, 0) is 31.9 Å². The van der Waals surface area contributed by atoms with Gasteiger partial charge in [-0.25, -0.2) is 0 Å².